The highest BCUT2D eigenvalue weighted by Crippen LogP contribution is 2.14. The maximum Gasteiger partial charge on any atom is 0.251 e. The summed E-state index contributed by atoms with van der Waals surface area (Å²) in [6, 6.07) is 7.32. The van der Waals surface area contributed by atoms with Gasteiger partial charge in [-0.05, 0) is 57.0 Å². The number of nitrogens with one attached hydrogen (secondary N) is 2. The van der Waals surface area contributed by atoms with Gasteiger partial charge >= 0.3 is 0 Å². The molecule has 0 aromatic heterocycles. The van der Waals surface area contributed by atoms with E-state index in [1.54, 1.807) is 6.07 Å². The summed E-state index contributed by atoms with van der Waals surface area (Å²) in [6.07, 6.45) is 2.38. The molecular weight excluding hydrogens is 240 g/mol. The largest absolute Gasteiger partial charge is 0.494 e. The quantitative estimate of drug-likeness (QED) is 0.851. The average Bonchev–Trinajstić information content (AvgIpc) is 2.46. The molecule has 2 N–H and O–H groups in total. The van der Waals surface area contributed by atoms with E-state index in [0.29, 0.717) is 18.1 Å². The van der Waals surface area contributed by atoms with Crippen LogP contribution >= 0.6 is 0 Å². The van der Waals surface area contributed by atoms with Crippen molar-refractivity contribution in [2.24, 2.45) is 5.92 Å². The van der Waals surface area contributed by atoms with Crippen LogP contribution in [-0.2, 0) is 0 Å². The predicted molar refractivity (Wildman–Crippen MR) is 75.5 cm³/mol. The van der Waals surface area contributed by atoms with E-state index in [2.05, 4.69) is 10.6 Å². The lowest BCUT2D eigenvalue weighted by molar-refractivity contribution is 0.0944. The molecule has 0 saturated carbocycles. The molecule has 1 saturated heterocycles. The van der Waals surface area contributed by atoms with Crippen molar-refractivity contribution >= 4 is 5.91 Å². The van der Waals surface area contributed by atoms with Gasteiger partial charge in [0.25, 0.3) is 5.91 Å². The molecule has 0 radical (unpaired) electrons. The minimum Gasteiger partial charge on any atom is -0.494 e. The van der Waals surface area contributed by atoms with Gasteiger partial charge in [0.1, 0.15) is 5.75 Å². The number of hydrogen-bond acceptors (Lipinski definition) is 3. The van der Waals surface area contributed by atoms with Crippen molar-refractivity contribution in [2.45, 2.75) is 19.8 Å². The Bertz CT molecular complexity index is 414. The van der Waals surface area contributed by atoms with Crippen LogP contribution in [0.4, 0.5) is 0 Å². The highest BCUT2D eigenvalue weighted by Gasteiger charge is 2.14. The maximum absolute atomic E-state index is 12.1. The first-order valence-corrected chi connectivity index (χ1v) is 7.01. The van der Waals surface area contributed by atoms with Gasteiger partial charge in [-0.2, -0.15) is 0 Å². The number of ether oxygens (including phenoxy) is 1. The zero-order valence-corrected chi connectivity index (χ0v) is 11.4. The van der Waals surface area contributed by atoms with Crippen molar-refractivity contribution in [3.8, 4) is 5.75 Å². The van der Waals surface area contributed by atoms with Gasteiger partial charge in [-0.1, -0.05) is 6.07 Å². The van der Waals surface area contributed by atoms with Gasteiger partial charge in [-0.25, -0.2) is 0 Å². The van der Waals surface area contributed by atoms with Crippen LogP contribution in [0, 0.1) is 5.92 Å². The van der Waals surface area contributed by atoms with E-state index in [9.17, 15) is 4.79 Å². The molecule has 0 bridgehead atoms. The van der Waals surface area contributed by atoms with E-state index in [0.717, 1.165) is 25.4 Å². The monoisotopic (exact) mass is 262 g/mol. The first-order chi connectivity index (χ1) is 9.29. The summed E-state index contributed by atoms with van der Waals surface area (Å²) in [6.45, 7) is 5.38. The second kappa shape index (κ2) is 7.14. The molecule has 1 aliphatic heterocycles. The molecule has 19 heavy (non-hydrogen) atoms. The van der Waals surface area contributed by atoms with Crippen molar-refractivity contribution < 1.29 is 9.53 Å². The molecule has 4 nitrogen and oxygen atoms in total. The van der Waals surface area contributed by atoms with Gasteiger partial charge in [0.15, 0.2) is 0 Å². The molecule has 1 unspecified atom stereocenters. The summed E-state index contributed by atoms with van der Waals surface area (Å²) in [5, 5.41) is 6.36. The normalized spacial score (nSPS) is 18.9. The molecule has 1 aromatic carbocycles. The SMILES string of the molecule is CCOc1cccc(C(=O)NCC2CCCNC2)c1. The zero-order chi connectivity index (χ0) is 13.5. The number of piperidine rings is 1. The lowest BCUT2D eigenvalue weighted by Crippen LogP contribution is -2.38. The summed E-state index contributed by atoms with van der Waals surface area (Å²) >= 11 is 0. The average molecular weight is 262 g/mol. The summed E-state index contributed by atoms with van der Waals surface area (Å²) in [5.74, 6) is 1.27. The number of carbonyl (C=O) groups is 1. The van der Waals surface area contributed by atoms with E-state index in [4.69, 9.17) is 4.74 Å². The van der Waals surface area contributed by atoms with Crippen molar-refractivity contribution in [1.29, 1.82) is 0 Å². The molecule has 1 aromatic rings. The van der Waals surface area contributed by atoms with E-state index in [-0.39, 0.29) is 5.91 Å². The standard InChI is InChI=1S/C15H22N2O2/c1-2-19-14-7-3-6-13(9-14)15(18)17-11-12-5-4-8-16-10-12/h3,6-7,9,12,16H,2,4-5,8,10-11H2,1H3,(H,17,18). The van der Waals surface area contributed by atoms with Gasteiger partial charge in [-0.3, -0.25) is 4.79 Å². The highest BCUT2D eigenvalue weighted by molar-refractivity contribution is 5.94. The summed E-state index contributed by atoms with van der Waals surface area (Å²) in [7, 11) is 0. The second-order valence-electron chi connectivity index (χ2n) is 4.88. The van der Waals surface area contributed by atoms with Crippen LogP contribution in [0.5, 0.6) is 5.75 Å². The Morgan fingerprint density at radius 3 is 3.16 bits per heavy atom. The fourth-order valence-corrected chi connectivity index (χ4v) is 2.33. The van der Waals surface area contributed by atoms with Gasteiger partial charge in [0.2, 0.25) is 0 Å². The van der Waals surface area contributed by atoms with Gasteiger partial charge in [0, 0.05) is 12.1 Å². The lowest BCUT2D eigenvalue weighted by Gasteiger charge is -2.22. The van der Waals surface area contributed by atoms with Crippen LogP contribution in [-0.4, -0.2) is 32.1 Å². The number of benzene rings is 1. The molecular formula is C15H22N2O2. The highest BCUT2D eigenvalue weighted by atomic mass is 16.5. The second-order valence-corrected chi connectivity index (χ2v) is 4.88. The summed E-state index contributed by atoms with van der Waals surface area (Å²) < 4.78 is 5.40. The molecule has 1 amide bonds. The Morgan fingerprint density at radius 2 is 2.42 bits per heavy atom. The Labute approximate surface area is 114 Å². The van der Waals surface area contributed by atoms with Crippen LogP contribution in [0.15, 0.2) is 24.3 Å². The maximum atomic E-state index is 12.1. The third-order valence-corrected chi connectivity index (χ3v) is 3.36. The smallest absolute Gasteiger partial charge is 0.251 e. The Balaban J connectivity index is 1.86. The van der Waals surface area contributed by atoms with Crippen LogP contribution in [0.1, 0.15) is 30.1 Å². The predicted octanol–water partition coefficient (Wildman–Crippen LogP) is 1.81. The first-order valence-electron chi connectivity index (χ1n) is 7.01. The molecule has 0 spiro atoms. The Kier molecular flexibility index (Phi) is 5.21. The molecule has 2 rings (SSSR count). The molecule has 1 aliphatic rings. The topological polar surface area (TPSA) is 50.4 Å². The molecule has 104 valence electrons. The summed E-state index contributed by atoms with van der Waals surface area (Å²) in [4.78, 5) is 12.1. The third-order valence-electron chi connectivity index (χ3n) is 3.36. The van der Waals surface area contributed by atoms with Crippen molar-refractivity contribution in [3.63, 3.8) is 0 Å². The van der Waals surface area contributed by atoms with Gasteiger partial charge < -0.3 is 15.4 Å². The third kappa shape index (κ3) is 4.24. The fourth-order valence-electron chi connectivity index (χ4n) is 2.33. The minimum atomic E-state index is -0.0212. The van der Waals surface area contributed by atoms with E-state index in [1.807, 2.05) is 25.1 Å². The van der Waals surface area contributed by atoms with Gasteiger partial charge in [-0.15, -0.1) is 0 Å². The van der Waals surface area contributed by atoms with Crippen LogP contribution in [0.3, 0.4) is 0 Å². The lowest BCUT2D eigenvalue weighted by atomic mass is 9.99. The van der Waals surface area contributed by atoms with Gasteiger partial charge in [0.05, 0.1) is 6.61 Å². The molecule has 1 heterocycles. The van der Waals surface area contributed by atoms with Crippen molar-refractivity contribution in [3.05, 3.63) is 29.8 Å². The van der Waals surface area contributed by atoms with Crippen molar-refractivity contribution in [2.75, 3.05) is 26.2 Å². The van der Waals surface area contributed by atoms with Crippen LogP contribution < -0.4 is 15.4 Å². The molecule has 0 aliphatic carbocycles. The zero-order valence-electron chi connectivity index (χ0n) is 11.4. The number of hydrogen-bond donors (Lipinski definition) is 2. The number of rotatable bonds is 5. The van der Waals surface area contributed by atoms with E-state index < -0.39 is 0 Å². The Hall–Kier alpha value is -1.55. The van der Waals surface area contributed by atoms with Crippen LogP contribution in [0.25, 0.3) is 0 Å². The van der Waals surface area contributed by atoms with Crippen molar-refractivity contribution in [1.82, 2.24) is 10.6 Å². The number of carbonyl (C=O) groups excluding carboxylic acids is 1. The summed E-state index contributed by atoms with van der Waals surface area (Å²) in [5.41, 5.74) is 0.662. The fraction of sp³-hybridized carbons (Fsp3) is 0.533. The Morgan fingerprint density at radius 1 is 1.53 bits per heavy atom. The molecule has 1 fully saturated rings. The molecule has 1 atom stereocenters. The first kappa shape index (κ1) is 13.9. The van der Waals surface area contributed by atoms with E-state index >= 15 is 0 Å². The number of amides is 1. The minimum absolute atomic E-state index is 0.0212. The van der Waals surface area contributed by atoms with Crippen LogP contribution in [0.2, 0.25) is 0 Å². The van der Waals surface area contributed by atoms with E-state index in [1.165, 1.54) is 12.8 Å². The molecule has 4 heteroatoms.